The third-order valence-corrected chi connectivity index (χ3v) is 7.27. The average molecular weight is 510 g/mol. The van der Waals surface area contributed by atoms with Crippen molar-refractivity contribution in [3.8, 4) is 11.5 Å². The van der Waals surface area contributed by atoms with Crippen LogP contribution >= 0.6 is 0 Å². The van der Waals surface area contributed by atoms with Crippen molar-refractivity contribution in [1.29, 1.82) is 0 Å². The highest BCUT2D eigenvalue weighted by Crippen LogP contribution is 2.39. The Morgan fingerprint density at radius 3 is 2.65 bits per heavy atom. The van der Waals surface area contributed by atoms with E-state index >= 15 is 0 Å². The maximum absolute atomic E-state index is 14.2. The fourth-order valence-electron chi connectivity index (χ4n) is 4.94. The average Bonchev–Trinajstić information content (AvgIpc) is 3.22. The predicted molar refractivity (Wildman–Crippen MR) is 132 cm³/mol. The summed E-state index contributed by atoms with van der Waals surface area (Å²) in [6.07, 6.45) is -0.611. The normalized spacial score (nSPS) is 20.4. The van der Waals surface area contributed by atoms with E-state index in [2.05, 4.69) is 20.5 Å². The first-order valence-corrected chi connectivity index (χ1v) is 12.2. The van der Waals surface area contributed by atoms with Gasteiger partial charge in [0.1, 0.15) is 11.7 Å². The van der Waals surface area contributed by atoms with Crippen LogP contribution in [0, 0.1) is 0 Å². The Bertz CT molecular complexity index is 1510. The number of fused-ring (bicyclic) bond motifs is 2. The SMILES string of the molecule is CC1(NC(=O)c2ccc3ccc(-c4nnc5ccc(C(N6CCC(N)C6)C(F)(F)F)cn45)nc3c2)CC1. The lowest BCUT2D eigenvalue weighted by molar-refractivity contribution is -0.183. The molecule has 2 unspecified atom stereocenters. The van der Waals surface area contributed by atoms with Crippen molar-refractivity contribution >= 4 is 22.5 Å². The summed E-state index contributed by atoms with van der Waals surface area (Å²) in [5, 5.41) is 12.2. The zero-order valence-corrected chi connectivity index (χ0v) is 20.2. The Morgan fingerprint density at radius 1 is 1.16 bits per heavy atom. The lowest BCUT2D eigenvalue weighted by Crippen LogP contribution is -2.38. The van der Waals surface area contributed by atoms with Gasteiger partial charge in [0.05, 0.1) is 5.52 Å². The number of likely N-dealkylation sites (tertiary alicyclic amines) is 1. The van der Waals surface area contributed by atoms with E-state index in [1.54, 1.807) is 18.2 Å². The molecule has 3 N–H and O–H groups in total. The molecule has 37 heavy (non-hydrogen) atoms. The number of hydrogen-bond acceptors (Lipinski definition) is 6. The molecule has 2 fully saturated rings. The fraction of sp³-hybridized carbons (Fsp3) is 0.385. The minimum absolute atomic E-state index is 0.0865. The van der Waals surface area contributed by atoms with Crippen molar-refractivity contribution in [1.82, 2.24) is 29.8 Å². The highest BCUT2D eigenvalue weighted by atomic mass is 19.4. The van der Waals surface area contributed by atoms with Crippen LogP contribution in [0.25, 0.3) is 28.1 Å². The van der Waals surface area contributed by atoms with Gasteiger partial charge in [-0.2, -0.15) is 13.2 Å². The smallest absolute Gasteiger partial charge is 0.347 e. The van der Waals surface area contributed by atoms with Gasteiger partial charge >= 0.3 is 6.18 Å². The molecule has 4 heterocycles. The standard InChI is InChI=1S/C26H26F3N7O/c1-25(9-10-25)32-24(37)16-3-2-15-4-6-19(31-20(15)12-16)23-34-33-21-7-5-17(13-36(21)23)22(26(27,28)29)35-11-8-18(30)14-35/h2-7,12-13,18,22H,8-11,14,30H2,1H3,(H,32,37). The monoisotopic (exact) mass is 509 g/mol. The van der Waals surface area contributed by atoms with E-state index in [4.69, 9.17) is 5.73 Å². The summed E-state index contributed by atoms with van der Waals surface area (Å²) in [4.78, 5) is 18.7. The van der Waals surface area contributed by atoms with Crippen molar-refractivity contribution in [3.05, 3.63) is 59.8 Å². The van der Waals surface area contributed by atoms with Gasteiger partial charge in [-0.05, 0) is 56.0 Å². The van der Waals surface area contributed by atoms with Crippen molar-refractivity contribution in [2.75, 3.05) is 13.1 Å². The highest BCUT2D eigenvalue weighted by molar-refractivity contribution is 5.98. The second-order valence-electron chi connectivity index (χ2n) is 10.3. The van der Waals surface area contributed by atoms with Crippen LogP contribution in [0.4, 0.5) is 13.2 Å². The zero-order chi connectivity index (χ0) is 25.9. The van der Waals surface area contributed by atoms with Crippen LogP contribution in [0.5, 0.6) is 0 Å². The van der Waals surface area contributed by atoms with Crippen molar-refractivity contribution in [3.63, 3.8) is 0 Å². The summed E-state index contributed by atoms with van der Waals surface area (Å²) in [5.41, 5.74) is 7.77. The number of pyridine rings is 2. The van der Waals surface area contributed by atoms with Crippen LogP contribution in [0.1, 0.15) is 48.1 Å². The van der Waals surface area contributed by atoms with Gasteiger partial charge in [0.2, 0.25) is 0 Å². The Kier molecular flexibility index (Phi) is 5.46. The first-order valence-electron chi connectivity index (χ1n) is 12.2. The quantitative estimate of drug-likeness (QED) is 0.424. The van der Waals surface area contributed by atoms with Crippen molar-refractivity contribution in [2.45, 2.75) is 50.0 Å². The van der Waals surface area contributed by atoms with Gasteiger partial charge in [-0.3, -0.25) is 14.1 Å². The summed E-state index contributed by atoms with van der Waals surface area (Å²) in [7, 11) is 0. The van der Waals surface area contributed by atoms with E-state index in [-0.39, 0.29) is 36.1 Å². The molecule has 1 aliphatic carbocycles. The van der Waals surface area contributed by atoms with Gasteiger partial charge < -0.3 is 11.1 Å². The second kappa shape index (κ2) is 8.49. The minimum atomic E-state index is -4.47. The van der Waals surface area contributed by atoms with Crippen LogP contribution in [0.2, 0.25) is 0 Å². The van der Waals surface area contributed by atoms with Crippen LogP contribution in [0.15, 0.2) is 48.7 Å². The maximum atomic E-state index is 14.2. The predicted octanol–water partition coefficient (Wildman–Crippen LogP) is 3.86. The Hall–Kier alpha value is -3.57. The van der Waals surface area contributed by atoms with Crippen LogP contribution in [-0.2, 0) is 0 Å². The van der Waals surface area contributed by atoms with E-state index in [1.165, 1.54) is 27.6 Å². The van der Waals surface area contributed by atoms with Gasteiger partial charge in [0, 0.05) is 41.8 Å². The first kappa shape index (κ1) is 23.8. The number of aromatic nitrogens is 4. The summed E-state index contributed by atoms with van der Waals surface area (Å²) in [6.45, 7) is 2.46. The molecular formula is C26H26F3N7O. The largest absolute Gasteiger partial charge is 0.408 e. The number of carbonyl (C=O) groups excluding carboxylic acids is 1. The van der Waals surface area contributed by atoms with Crippen LogP contribution < -0.4 is 11.1 Å². The van der Waals surface area contributed by atoms with Crippen molar-refractivity contribution < 1.29 is 18.0 Å². The Morgan fingerprint density at radius 2 is 1.95 bits per heavy atom. The third kappa shape index (κ3) is 4.53. The molecule has 2 aliphatic rings. The molecule has 8 nitrogen and oxygen atoms in total. The third-order valence-electron chi connectivity index (χ3n) is 7.27. The van der Waals surface area contributed by atoms with E-state index in [9.17, 15) is 18.0 Å². The molecule has 192 valence electrons. The summed E-state index contributed by atoms with van der Waals surface area (Å²) >= 11 is 0. The van der Waals surface area contributed by atoms with E-state index in [0.29, 0.717) is 34.7 Å². The molecule has 1 saturated carbocycles. The number of hydrogen-bond donors (Lipinski definition) is 2. The molecule has 1 amide bonds. The molecule has 0 bridgehead atoms. The number of rotatable bonds is 5. The maximum Gasteiger partial charge on any atom is 0.408 e. The number of carbonyl (C=O) groups is 1. The molecule has 2 atom stereocenters. The zero-order valence-electron chi connectivity index (χ0n) is 20.2. The molecule has 1 saturated heterocycles. The highest BCUT2D eigenvalue weighted by Gasteiger charge is 2.46. The molecule has 1 aromatic carbocycles. The molecule has 0 spiro atoms. The fourth-order valence-corrected chi connectivity index (χ4v) is 4.94. The topological polar surface area (TPSA) is 101 Å². The summed E-state index contributed by atoms with van der Waals surface area (Å²) < 4.78 is 44.0. The Balaban J connectivity index is 1.38. The second-order valence-corrected chi connectivity index (χ2v) is 10.3. The molecule has 6 rings (SSSR count). The number of nitrogens with zero attached hydrogens (tertiary/aromatic N) is 5. The lowest BCUT2D eigenvalue weighted by atomic mass is 10.1. The number of halogens is 3. The molecule has 3 aromatic heterocycles. The lowest BCUT2D eigenvalue weighted by Gasteiger charge is -2.30. The van der Waals surface area contributed by atoms with Gasteiger partial charge in [0.25, 0.3) is 5.91 Å². The first-order chi connectivity index (χ1) is 17.6. The summed E-state index contributed by atoms with van der Waals surface area (Å²) in [5.74, 6) is 0.157. The van der Waals surface area contributed by atoms with E-state index < -0.39 is 12.2 Å². The number of nitrogens with one attached hydrogen (secondary N) is 1. The number of amides is 1. The van der Waals surface area contributed by atoms with Crippen LogP contribution in [0.3, 0.4) is 0 Å². The van der Waals surface area contributed by atoms with Crippen molar-refractivity contribution in [2.24, 2.45) is 5.73 Å². The minimum Gasteiger partial charge on any atom is -0.347 e. The van der Waals surface area contributed by atoms with Crippen LogP contribution in [-0.4, -0.2) is 61.2 Å². The summed E-state index contributed by atoms with van der Waals surface area (Å²) in [6, 6.07) is 9.80. The molecular weight excluding hydrogens is 483 g/mol. The molecule has 4 aromatic rings. The number of alkyl halides is 3. The van der Waals surface area contributed by atoms with Gasteiger partial charge in [0.15, 0.2) is 11.5 Å². The number of nitrogens with two attached hydrogens (primary N) is 1. The van der Waals surface area contributed by atoms with E-state index in [0.717, 1.165) is 18.2 Å². The molecule has 0 radical (unpaired) electrons. The number of benzene rings is 1. The van der Waals surface area contributed by atoms with E-state index in [1.807, 2.05) is 19.1 Å². The molecule has 1 aliphatic heterocycles. The van der Waals surface area contributed by atoms with Gasteiger partial charge in [-0.1, -0.05) is 18.2 Å². The Labute approximate surface area is 210 Å². The van der Waals surface area contributed by atoms with Gasteiger partial charge in [-0.25, -0.2) is 4.98 Å². The van der Waals surface area contributed by atoms with Gasteiger partial charge in [-0.15, -0.1) is 10.2 Å². The molecule has 11 heteroatoms.